The van der Waals surface area contributed by atoms with E-state index in [2.05, 4.69) is 15.5 Å². The molecule has 0 amide bonds. The zero-order valence-corrected chi connectivity index (χ0v) is 9.65. The lowest BCUT2D eigenvalue weighted by atomic mass is 10.1. The number of aromatic nitrogens is 2. The molecule has 5 heteroatoms. The van der Waals surface area contributed by atoms with E-state index in [0.717, 1.165) is 11.3 Å². The minimum Gasteiger partial charge on any atom is -0.356 e. The Morgan fingerprint density at radius 1 is 1.12 bits per heavy atom. The van der Waals surface area contributed by atoms with Gasteiger partial charge in [-0.2, -0.15) is 5.26 Å². The molecule has 17 heavy (non-hydrogen) atoms. The maximum Gasteiger partial charge on any atom is 0.149 e. The van der Waals surface area contributed by atoms with Gasteiger partial charge in [0.1, 0.15) is 12.4 Å². The predicted molar refractivity (Wildman–Crippen MR) is 66.6 cm³/mol. The number of nitriles is 1. The fourth-order valence-corrected chi connectivity index (χ4v) is 1.46. The van der Waals surface area contributed by atoms with Crippen molar-refractivity contribution >= 4 is 17.4 Å². The smallest absolute Gasteiger partial charge is 0.149 e. The summed E-state index contributed by atoms with van der Waals surface area (Å²) in [7, 11) is 0. The van der Waals surface area contributed by atoms with Gasteiger partial charge in [0.25, 0.3) is 0 Å². The van der Waals surface area contributed by atoms with Crippen molar-refractivity contribution in [3.63, 3.8) is 0 Å². The summed E-state index contributed by atoms with van der Waals surface area (Å²) in [6.45, 7) is 0.217. The van der Waals surface area contributed by atoms with Crippen molar-refractivity contribution in [2.24, 2.45) is 0 Å². The van der Waals surface area contributed by atoms with Crippen LogP contribution >= 0.6 is 11.6 Å². The van der Waals surface area contributed by atoms with Crippen LogP contribution in [-0.4, -0.2) is 16.7 Å². The molecule has 0 atom stereocenters. The molecule has 1 aromatic heterocycles. The zero-order chi connectivity index (χ0) is 12.1. The fraction of sp³-hybridized carbons (Fsp3) is 0.0833. The molecule has 0 unspecified atom stereocenters. The highest BCUT2D eigenvalue weighted by Gasteiger charge is 2.00. The third-order valence-electron chi connectivity index (χ3n) is 2.15. The van der Waals surface area contributed by atoms with Gasteiger partial charge in [0.15, 0.2) is 0 Å². The summed E-state index contributed by atoms with van der Waals surface area (Å²) in [5, 5.41) is 20.0. The highest BCUT2D eigenvalue weighted by atomic mass is 35.5. The van der Waals surface area contributed by atoms with Crippen LogP contribution in [0.4, 0.5) is 5.82 Å². The molecule has 4 nitrogen and oxygen atoms in total. The molecule has 2 aromatic rings. The maximum absolute atomic E-state index is 8.41. The van der Waals surface area contributed by atoms with Crippen molar-refractivity contribution in [2.75, 3.05) is 11.9 Å². The first-order chi connectivity index (χ1) is 8.29. The number of anilines is 1. The Bertz CT molecular complexity index is 528. The van der Waals surface area contributed by atoms with E-state index in [1.807, 2.05) is 24.3 Å². The summed E-state index contributed by atoms with van der Waals surface area (Å²) in [6, 6.07) is 13.0. The zero-order valence-electron chi connectivity index (χ0n) is 8.89. The van der Waals surface area contributed by atoms with E-state index in [9.17, 15) is 0 Å². The summed E-state index contributed by atoms with van der Waals surface area (Å²) in [5.74, 6) is 0.587. The molecule has 0 aliphatic rings. The van der Waals surface area contributed by atoms with Crippen molar-refractivity contribution < 1.29 is 0 Å². The van der Waals surface area contributed by atoms with Crippen LogP contribution in [0.1, 0.15) is 0 Å². The standard InChI is InChI=1S/C12H9ClN4/c13-10-3-1-9(2-4-10)11-5-6-12(17-16-11)15-8-7-14/h1-6H,8H2,(H,15,17). The van der Waals surface area contributed by atoms with Crippen LogP contribution in [0.25, 0.3) is 11.3 Å². The molecule has 84 valence electrons. The highest BCUT2D eigenvalue weighted by Crippen LogP contribution is 2.19. The summed E-state index contributed by atoms with van der Waals surface area (Å²) in [5.41, 5.74) is 1.72. The molecule has 1 N–H and O–H groups in total. The van der Waals surface area contributed by atoms with E-state index >= 15 is 0 Å². The molecule has 0 saturated heterocycles. The van der Waals surface area contributed by atoms with Gasteiger partial charge in [0.2, 0.25) is 0 Å². The Morgan fingerprint density at radius 2 is 1.88 bits per heavy atom. The summed E-state index contributed by atoms with van der Waals surface area (Å²) < 4.78 is 0. The van der Waals surface area contributed by atoms with Crippen LogP contribution in [-0.2, 0) is 0 Å². The third kappa shape index (κ3) is 2.92. The first-order valence-electron chi connectivity index (χ1n) is 5.00. The van der Waals surface area contributed by atoms with Crippen LogP contribution < -0.4 is 5.32 Å². The van der Waals surface area contributed by atoms with Crippen molar-refractivity contribution in [3.05, 3.63) is 41.4 Å². The number of hydrogen-bond donors (Lipinski definition) is 1. The normalized spacial score (nSPS) is 9.65. The van der Waals surface area contributed by atoms with Gasteiger partial charge < -0.3 is 5.32 Å². The Hall–Kier alpha value is -2.12. The van der Waals surface area contributed by atoms with E-state index in [4.69, 9.17) is 16.9 Å². The highest BCUT2D eigenvalue weighted by molar-refractivity contribution is 6.30. The van der Waals surface area contributed by atoms with Gasteiger partial charge in [-0.1, -0.05) is 23.7 Å². The molecule has 0 fully saturated rings. The molecule has 0 aliphatic carbocycles. The summed E-state index contributed by atoms with van der Waals surface area (Å²) >= 11 is 5.80. The Labute approximate surface area is 104 Å². The quantitative estimate of drug-likeness (QED) is 0.844. The Balaban J connectivity index is 2.18. The van der Waals surface area contributed by atoms with E-state index in [1.54, 1.807) is 18.2 Å². The summed E-state index contributed by atoms with van der Waals surface area (Å²) in [6.07, 6.45) is 0. The molecule has 0 radical (unpaired) electrons. The lowest BCUT2D eigenvalue weighted by Crippen LogP contribution is -2.01. The number of halogens is 1. The van der Waals surface area contributed by atoms with E-state index < -0.39 is 0 Å². The van der Waals surface area contributed by atoms with Crippen LogP contribution in [0, 0.1) is 11.3 Å². The summed E-state index contributed by atoms with van der Waals surface area (Å²) in [4.78, 5) is 0. The minimum atomic E-state index is 0.217. The first-order valence-corrected chi connectivity index (χ1v) is 5.38. The second-order valence-corrected chi connectivity index (χ2v) is 3.76. The van der Waals surface area contributed by atoms with Gasteiger partial charge in [0, 0.05) is 10.6 Å². The SMILES string of the molecule is N#CCNc1ccc(-c2ccc(Cl)cc2)nn1. The van der Waals surface area contributed by atoms with Crippen LogP contribution in [0.3, 0.4) is 0 Å². The number of nitrogens with zero attached hydrogens (tertiary/aromatic N) is 3. The molecule has 0 bridgehead atoms. The van der Waals surface area contributed by atoms with Crippen molar-refractivity contribution in [2.45, 2.75) is 0 Å². The van der Waals surface area contributed by atoms with Crippen molar-refractivity contribution in [1.82, 2.24) is 10.2 Å². The van der Waals surface area contributed by atoms with Crippen LogP contribution in [0.5, 0.6) is 0 Å². The molecule has 2 rings (SSSR count). The van der Waals surface area contributed by atoms with Crippen molar-refractivity contribution in [3.8, 4) is 17.3 Å². The van der Waals surface area contributed by atoms with Gasteiger partial charge >= 0.3 is 0 Å². The topological polar surface area (TPSA) is 61.6 Å². The second kappa shape index (κ2) is 5.28. The van der Waals surface area contributed by atoms with Gasteiger partial charge in [0.05, 0.1) is 11.8 Å². The van der Waals surface area contributed by atoms with Crippen molar-refractivity contribution in [1.29, 1.82) is 5.26 Å². The number of rotatable bonds is 3. The monoisotopic (exact) mass is 244 g/mol. The second-order valence-electron chi connectivity index (χ2n) is 3.32. The first kappa shape index (κ1) is 11.4. The number of benzene rings is 1. The fourth-order valence-electron chi connectivity index (χ4n) is 1.33. The van der Waals surface area contributed by atoms with E-state index in [1.165, 1.54) is 0 Å². The molecule has 1 heterocycles. The molecular formula is C12H9ClN4. The lowest BCUT2D eigenvalue weighted by Gasteiger charge is -2.02. The van der Waals surface area contributed by atoms with Crippen LogP contribution in [0.15, 0.2) is 36.4 Å². The van der Waals surface area contributed by atoms with Gasteiger partial charge in [-0.15, -0.1) is 10.2 Å². The number of hydrogen-bond acceptors (Lipinski definition) is 4. The number of nitrogens with one attached hydrogen (secondary N) is 1. The molecular weight excluding hydrogens is 236 g/mol. The van der Waals surface area contributed by atoms with Gasteiger partial charge in [-0.3, -0.25) is 0 Å². The van der Waals surface area contributed by atoms with Crippen LogP contribution in [0.2, 0.25) is 5.02 Å². The lowest BCUT2D eigenvalue weighted by molar-refractivity contribution is 1.03. The van der Waals surface area contributed by atoms with Gasteiger partial charge in [-0.05, 0) is 24.3 Å². The minimum absolute atomic E-state index is 0.217. The average Bonchev–Trinajstić information content (AvgIpc) is 2.38. The van der Waals surface area contributed by atoms with Gasteiger partial charge in [-0.25, -0.2) is 0 Å². The van der Waals surface area contributed by atoms with E-state index in [0.29, 0.717) is 10.8 Å². The Morgan fingerprint density at radius 3 is 2.47 bits per heavy atom. The molecule has 1 aromatic carbocycles. The molecule has 0 aliphatic heterocycles. The predicted octanol–water partition coefficient (Wildman–Crippen LogP) is 2.73. The molecule has 0 saturated carbocycles. The van der Waals surface area contributed by atoms with E-state index in [-0.39, 0.29) is 6.54 Å². The maximum atomic E-state index is 8.41. The Kier molecular flexibility index (Phi) is 3.53. The largest absolute Gasteiger partial charge is 0.356 e. The average molecular weight is 245 g/mol. The molecule has 0 spiro atoms. The third-order valence-corrected chi connectivity index (χ3v) is 2.41.